The van der Waals surface area contributed by atoms with Crippen molar-refractivity contribution in [1.29, 1.82) is 0 Å². The highest BCUT2D eigenvalue weighted by atomic mass is 16.5. The topological polar surface area (TPSA) is 71.4 Å². The van der Waals surface area contributed by atoms with Gasteiger partial charge in [0.2, 0.25) is 5.89 Å². The van der Waals surface area contributed by atoms with Gasteiger partial charge in [0.05, 0.1) is 6.04 Å². The summed E-state index contributed by atoms with van der Waals surface area (Å²) >= 11 is 0. The molecule has 6 heteroatoms. The van der Waals surface area contributed by atoms with Gasteiger partial charge in [-0.1, -0.05) is 12.1 Å². The molecule has 0 radical (unpaired) electrons. The van der Waals surface area contributed by atoms with E-state index >= 15 is 0 Å². The number of rotatable bonds is 4. The molecule has 6 nitrogen and oxygen atoms in total. The Kier molecular flexibility index (Phi) is 4.31. The van der Waals surface area contributed by atoms with Crippen molar-refractivity contribution in [2.75, 3.05) is 33.7 Å². The lowest BCUT2D eigenvalue weighted by atomic mass is 10.1. The zero-order chi connectivity index (χ0) is 13.1. The zero-order valence-electron chi connectivity index (χ0n) is 11.5. The van der Waals surface area contributed by atoms with E-state index < -0.39 is 0 Å². The molecule has 0 saturated carbocycles. The Morgan fingerprint density at radius 3 is 2.94 bits per heavy atom. The standard InChI is InChI=1S/C12H23N5O/c1-4-10(13)12-14-11(15-18-12)7-9-8-16(2)5-6-17(9)3/h9-10H,4-8,13H2,1-3H3. The van der Waals surface area contributed by atoms with Crippen LogP contribution < -0.4 is 5.73 Å². The molecule has 0 bridgehead atoms. The van der Waals surface area contributed by atoms with Crippen LogP contribution >= 0.6 is 0 Å². The molecule has 0 spiro atoms. The van der Waals surface area contributed by atoms with Crippen LogP contribution in [0.1, 0.15) is 31.1 Å². The summed E-state index contributed by atoms with van der Waals surface area (Å²) in [5, 5.41) is 4.03. The molecule has 0 aromatic carbocycles. The molecule has 0 amide bonds. The zero-order valence-corrected chi connectivity index (χ0v) is 11.5. The van der Waals surface area contributed by atoms with Gasteiger partial charge in [0, 0.05) is 32.1 Å². The third-order valence-corrected chi connectivity index (χ3v) is 3.64. The van der Waals surface area contributed by atoms with Gasteiger partial charge in [-0.05, 0) is 20.5 Å². The van der Waals surface area contributed by atoms with E-state index in [1.54, 1.807) is 0 Å². The van der Waals surface area contributed by atoms with Crippen molar-refractivity contribution in [3.8, 4) is 0 Å². The minimum absolute atomic E-state index is 0.141. The average Bonchev–Trinajstić information content (AvgIpc) is 2.81. The SMILES string of the molecule is CCC(N)c1nc(CC2CN(C)CCN2C)no1. The summed E-state index contributed by atoms with van der Waals surface area (Å²) < 4.78 is 5.20. The van der Waals surface area contributed by atoms with Crippen LogP contribution in [0, 0.1) is 0 Å². The lowest BCUT2D eigenvalue weighted by Crippen LogP contribution is -2.50. The molecule has 1 aromatic heterocycles. The Morgan fingerprint density at radius 1 is 1.44 bits per heavy atom. The second-order valence-electron chi connectivity index (χ2n) is 5.16. The van der Waals surface area contributed by atoms with Crippen LogP contribution in [-0.2, 0) is 6.42 Å². The van der Waals surface area contributed by atoms with Crippen LogP contribution in [0.5, 0.6) is 0 Å². The number of piperazine rings is 1. The first kappa shape index (κ1) is 13.5. The van der Waals surface area contributed by atoms with E-state index in [0.29, 0.717) is 11.9 Å². The molecule has 102 valence electrons. The Hall–Kier alpha value is -0.980. The fourth-order valence-corrected chi connectivity index (χ4v) is 2.21. The lowest BCUT2D eigenvalue weighted by molar-refractivity contribution is 0.113. The van der Waals surface area contributed by atoms with Crippen molar-refractivity contribution in [3.63, 3.8) is 0 Å². The number of hydrogen-bond acceptors (Lipinski definition) is 6. The second kappa shape index (κ2) is 5.77. The van der Waals surface area contributed by atoms with Crippen LogP contribution in [-0.4, -0.2) is 59.7 Å². The summed E-state index contributed by atoms with van der Waals surface area (Å²) in [7, 11) is 4.30. The molecule has 2 atom stereocenters. The van der Waals surface area contributed by atoms with Crippen molar-refractivity contribution in [2.45, 2.75) is 31.8 Å². The van der Waals surface area contributed by atoms with Crippen molar-refractivity contribution in [3.05, 3.63) is 11.7 Å². The van der Waals surface area contributed by atoms with Crippen LogP contribution in [0.3, 0.4) is 0 Å². The van der Waals surface area contributed by atoms with Gasteiger partial charge in [-0.2, -0.15) is 4.98 Å². The predicted octanol–water partition coefficient (Wildman–Crippen LogP) is 0.268. The van der Waals surface area contributed by atoms with Crippen LogP contribution in [0.25, 0.3) is 0 Å². The smallest absolute Gasteiger partial charge is 0.243 e. The first-order valence-corrected chi connectivity index (χ1v) is 6.57. The summed E-state index contributed by atoms with van der Waals surface area (Å²) in [6.45, 7) is 5.25. The van der Waals surface area contributed by atoms with Crippen LogP contribution in [0.2, 0.25) is 0 Å². The van der Waals surface area contributed by atoms with Crippen molar-refractivity contribution in [1.82, 2.24) is 19.9 Å². The van der Waals surface area contributed by atoms with Crippen LogP contribution in [0.4, 0.5) is 0 Å². The van der Waals surface area contributed by atoms with Crippen molar-refractivity contribution in [2.24, 2.45) is 5.73 Å². The highest BCUT2D eigenvalue weighted by Gasteiger charge is 2.24. The summed E-state index contributed by atoms with van der Waals surface area (Å²) in [6.07, 6.45) is 1.63. The molecule has 1 saturated heterocycles. The van der Waals surface area contributed by atoms with E-state index in [0.717, 1.165) is 38.3 Å². The van der Waals surface area contributed by atoms with E-state index in [4.69, 9.17) is 10.3 Å². The molecule has 2 N–H and O–H groups in total. The molecule has 1 aromatic rings. The van der Waals surface area contributed by atoms with Gasteiger partial charge in [0.25, 0.3) is 0 Å². The average molecular weight is 253 g/mol. The monoisotopic (exact) mass is 253 g/mol. The Labute approximate surface area is 108 Å². The molecule has 2 heterocycles. The molecular formula is C12H23N5O. The number of nitrogens with two attached hydrogens (primary N) is 1. The molecule has 1 aliphatic heterocycles. The Morgan fingerprint density at radius 2 is 2.22 bits per heavy atom. The number of likely N-dealkylation sites (N-methyl/N-ethyl adjacent to an activating group) is 2. The minimum atomic E-state index is -0.141. The van der Waals surface area contributed by atoms with E-state index in [2.05, 4.69) is 34.0 Å². The van der Waals surface area contributed by atoms with Gasteiger partial charge >= 0.3 is 0 Å². The summed E-state index contributed by atoms with van der Waals surface area (Å²) in [5.74, 6) is 1.32. The second-order valence-corrected chi connectivity index (χ2v) is 5.16. The minimum Gasteiger partial charge on any atom is -0.338 e. The van der Waals surface area contributed by atoms with Crippen LogP contribution in [0.15, 0.2) is 4.52 Å². The maximum Gasteiger partial charge on any atom is 0.243 e. The lowest BCUT2D eigenvalue weighted by Gasteiger charge is -2.37. The Balaban J connectivity index is 1.98. The van der Waals surface area contributed by atoms with E-state index in [1.165, 1.54) is 0 Å². The van der Waals surface area contributed by atoms with Gasteiger partial charge < -0.3 is 20.1 Å². The normalized spacial score (nSPS) is 24.3. The quantitative estimate of drug-likeness (QED) is 0.830. The third-order valence-electron chi connectivity index (χ3n) is 3.64. The number of hydrogen-bond donors (Lipinski definition) is 1. The first-order chi connectivity index (χ1) is 8.60. The molecular weight excluding hydrogens is 230 g/mol. The molecule has 1 fully saturated rings. The molecule has 2 rings (SSSR count). The summed E-state index contributed by atoms with van der Waals surface area (Å²) in [6, 6.07) is 0.310. The fraction of sp³-hybridized carbons (Fsp3) is 0.833. The van der Waals surface area contributed by atoms with Crippen molar-refractivity contribution < 1.29 is 4.52 Å². The third kappa shape index (κ3) is 3.07. The van der Waals surface area contributed by atoms with E-state index in [9.17, 15) is 0 Å². The number of nitrogens with zero attached hydrogens (tertiary/aromatic N) is 4. The van der Waals surface area contributed by atoms with E-state index in [1.807, 2.05) is 6.92 Å². The highest BCUT2D eigenvalue weighted by Crippen LogP contribution is 2.14. The maximum atomic E-state index is 5.88. The summed E-state index contributed by atoms with van der Waals surface area (Å²) in [5.41, 5.74) is 5.88. The molecule has 0 aliphatic carbocycles. The van der Waals surface area contributed by atoms with Gasteiger partial charge in [-0.15, -0.1) is 0 Å². The van der Waals surface area contributed by atoms with Gasteiger partial charge in [0.1, 0.15) is 0 Å². The van der Waals surface area contributed by atoms with Gasteiger partial charge in [-0.25, -0.2) is 0 Å². The number of aromatic nitrogens is 2. The Bertz CT molecular complexity index is 380. The molecule has 18 heavy (non-hydrogen) atoms. The molecule has 2 unspecified atom stereocenters. The van der Waals surface area contributed by atoms with Gasteiger partial charge in [0.15, 0.2) is 5.82 Å². The van der Waals surface area contributed by atoms with E-state index in [-0.39, 0.29) is 6.04 Å². The molecule has 1 aliphatic rings. The maximum absolute atomic E-state index is 5.88. The van der Waals surface area contributed by atoms with Crippen molar-refractivity contribution >= 4 is 0 Å². The fourth-order valence-electron chi connectivity index (χ4n) is 2.21. The predicted molar refractivity (Wildman–Crippen MR) is 69.1 cm³/mol. The largest absolute Gasteiger partial charge is 0.338 e. The van der Waals surface area contributed by atoms with Gasteiger partial charge in [-0.3, -0.25) is 0 Å². The summed E-state index contributed by atoms with van der Waals surface area (Å²) in [4.78, 5) is 9.08. The highest BCUT2D eigenvalue weighted by molar-refractivity contribution is 4.95. The first-order valence-electron chi connectivity index (χ1n) is 6.57.